The van der Waals surface area contributed by atoms with Crippen LogP contribution < -0.4 is 10.6 Å². The molecular formula is C10H11IN6S. The highest BCUT2D eigenvalue weighted by Crippen LogP contribution is 2.10. The number of halogens is 1. The first kappa shape index (κ1) is 13.1. The molecule has 8 heteroatoms. The van der Waals surface area contributed by atoms with Crippen molar-refractivity contribution in [3.63, 3.8) is 0 Å². The molecule has 0 aliphatic rings. The second-order valence-corrected chi connectivity index (χ2v) is 4.86. The van der Waals surface area contributed by atoms with E-state index in [4.69, 9.17) is 12.2 Å². The summed E-state index contributed by atoms with van der Waals surface area (Å²) in [5.74, 6) is 1.39. The Labute approximate surface area is 123 Å². The molecule has 0 bridgehead atoms. The van der Waals surface area contributed by atoms with Gasteiger partial charge in [-0.05, 0) is 41.7 Å². The molecule has 0 saturated carbocycles. The van der Waals surface area contributed by atoms with E-state index in [-0.39, 0.29) is 0 Å². The summed E-state index contributed by atoms with van der Waals surface area (Å²) in [6.07, 6.45) is 5.07. The smallest absolute Gasteiger partial charge is 0.171 e. The van der Waals surface area contributed by atoms with Gasteiger partial charge in [-0.2, -0.15) is 0 Å². The third kappa shape index (κ3) is 3.35. The molecular weight excluding hydrogens is 363 g/mol. The van der Waals surface area contributed by atoms with E-state index < -0.39 is 0 Å². The quantitative estimate of drug-likeness (QED) is 0.628. The average Bonchev–Trinajstić information content (AvgIpc) is 2.76. The molecule has 0 fully saturated rings. The van der Waals surface area contributed by atoms with Gasteiger partial charge in [-0.3, -0.25) is 4.57 Å². The van der Waals surface area contributed by atoms with Crippen LogP contribution in [-0.2, 0) is 0 Å². The Bertz CT molecular complexity index is 555. The molecule has 0 saturated heterocycles. The number of hydrogen-bond donors (Lipinski definition) is 2. The van der Waals surface area contributed by atoms with Gasteiger partial charge in [0.2, 0.25) is 0 Å². The Balaban J connectivity index is 2.17. The Morgan fingerprint density at radius 2 is 2.28 bits per heavy atom. The van der Waals surface area contributed by atoms with Crippen LogP contribution in [0.2, 0.25) is 0 Å². The Morgan fingerprint density at radius 1 is 1.44 bits per heavy atom. The Kier molecular flexibility index (Phi) is 4.42. The summed E-state index contributed by atoms with van der Waals surface area (Å²) in [6.45, 7) is 2.75. The summed E-state index contributed by atoms with van der Waals surface area (Å²) >= 11 is 7.24. The van der Waals surface area contributed by atoms with Crippen LogP contribution in [0.4, 0.5) is 5.82 Å². The maximum absolute atomic E-state index is 5.10. The van der Waals surface area contributed by atoms with E-state index in [0.29, 0.717) is 10.9 Å². The van der Waals surface area contributed by atoms with Gasteiger partial charge in [-0.25, -0.2) is 15.0 Å². The van der Waals surface area contributed by atoms with E-state index in [1.165, 1.54) is 6.33 Å². The zero-order valence-corrected chi connectivity index (χ0v) is 12.6. The fraction of sp³-hybridized carbons (Fsp3) is 0.200. The summed E-state index contributed by atoms with van der Waals surface area (Å²) in [5, 5.41) is 6.53. The molecule has 0 amide bonds. The van der Waals surface area contributed by atoms with Crippen LogP contribution in [-0.4, -0.2) is 31.2 Å². The van der Waals surface area contributed by atoms with Gasteiger partial charge in [-0.1, -0.05) is 0 Å². The number of aromatic nitrogens is 4. The monoisotopic (exact) mass is 374 g/mol. The standard InChI is InChI=1S/C10H11IN6S/c1-2-12-10(18)16-8-3-9(14-5-13-8)17-4-7(11)15-6-17/h3-6H,2H2,1H3,(H2,12,13,14,16,18). The van der Waals surface area contributed by atoms with E-state index in [1.807, 2.05) is 17.7 Å². The molecule has 0 spiro atoms. The predicted molar refractivity (Wildman–Crippen MR) is 81.8 cm³/mol. The van der Waals surface area contributed by atoms with E-state index in [1.54, 1.807) is 12.4 Å². The number of imidazole rings is 1. The summed E-state index contributed by atoms with van der Waals surface area (Å²) in [6, 6.07) is 1.81. The van der Waals surface area contributed by atoms with Gasteiger partial charge in [0, 0.05) is 18.8 Å². The molecule has 18 heavy (non-hydrogen) atoms. The largest absolute Gasteiger partial charge is 0.363 e. The van der Waals surface area contributed by atoms with Crippen LogP contribution in [0.25, 0.3) is 5.82 Å². The number of thiocarbonyl (C=S) groups is 1. The first-order valence-electron chi connectivity index (χ1n) is 5.26. The Morgan fingerprint density at radius 3 is 2.94 bits per heavy atom. The van der Waals surface area contributed by atoms with Crippen LogP contribution >= 0.6 is 34.8 Å². The SMILES string of the molecule is CCNC(=S)Nc1cc(-n2cnc(I)c2)ncn1. The number of nitrogens with zero attached hydrogens (tertiary/aromatic N) is 4. The van der Waals surface area contributed by atoms with E-state index >= 15 is 0 Å². The zero-order valence-electron chi connectivity index (χ0n) is 9.59. The summed E-state index contributed by atoms with van der Waals surface area (Å²) in [7, 11) is 0. The molecule has 6 nitrogen and oxygen atoms in total. The minimum absolute atomic E-state index is 0.544. The van der Waals surface area contributed by atoms with Gasteiger partial charge in [0.15, 0.2) is 5.11 Å². The highest BCUT2D eigenvalue weighted by molar-refractivity contribution is 14.1. The van der Waals surface area contributed by atoms with Gasteiger partial charge in [0.1, 0.15) is 28.0 Å². The van der Waals surface area contributed by atoms with Crippen molar-refractivity contribution >= 4 is 45.7 Å². The normalized spacial score (nSPS) is 10.1. The van der Waals surface area contributed by atoms with E-state index in [0.717, 1.165) is 16.1 Å². The van der Waals surface area contributed by atoms with Gasteiger partial charge < -0.3 is 10.6 Å². The highest BCUT2D eigenvalue weighted by Gasteiger charge is 2.03. The second kappa shape index (κ2) is 6.05. The molecule has 0 aliphatic carbocycles. The fourth-order valence-corrected chi connectivity index (χ4v) is 1.98. The van der Waals surface area contributed by atoms with Crippen molar-refractivity contribution in [3.05, 3.63) is 28.6 Å². The van der Waals surface area contributed by atoms with Gasteiger partial charge in [0.25, 0.3) is 0 Å². The average molecular weight is 374 g/mol. The second-order valence-electron chi connectivity index (χ2n) is 3.35. The zero-order chi connectivity index (χ0) is 13.0. The van der Waals surface area contributed by atoms with E-state index in [2.05, 4.69) is 48.2 Å². The van der Waals surface area contributed by atoms with Crippen molar-refractivity contribution in [3.8, 4) is 5.82 Å². The lowest BCUT2D eigenvalue weighted by Crippen LogP contribution is -2.28. The van der Waals surface area contributed by atoms with Gasteiger partial charge in [0.05, 0.1) is 0 Å². The third-order valence-electron chi connectivity index (χ3n) is 2.05. The summed E-state index contributed by atoms with van der Waals surface area (Å²) in [5.41, 5.74) is 0. The molecule has 94 valence electrons. The maximum atomic E-state index is 5.10. The maximum Gasteiger partial charge on any atom is 0.171 e. The van der Waals surface area contributed by atoms with Crippen molar-refractivity contribution in [2.75, 3.05) is 11.9 Å². The molecule has 0 unspecified atom stereocenters. The van der Waals surface area contributed by atoms with Crippen molar-refractivity contribution in [2.24, 2.45) is 0 Å². The van der Waals surface area contributed by atoms with Crippen molar-refractivity contribution in [2.45, 2.75) is 6.92 Å². The van der Waals surface area contributed by atoms with Crippen molar-refractivity contribution < 1.29 is 0 Å². The third-order valence-corrected chi connectivity index (χ3v) is 2.85. The molecule has 0 aliphatic heterocycles. The summed E-state index contributed by atoms with van der Waals surface area (Å²) < 4.78 is 2.73. The lowest BCUT2D eigenvalue weighted by Gasteiger charge is -2.08. The highest BCUT2D eigenvalue weighted by atomic mass is 127. The van der Waals surface area contributed by atoms with Crippen LogP contribution in [0.15, 0.2) is 24.9 Å². The minimum atomic E-state index is 0.544. The van der Waals surface area contributed by atoms with Crippen LogP contribution in [0.1, 0.15) is 6.92 Å². The molecule has 0 radical (unpaired) electrons. The number of hydrogen-bond acceptors (Lipinski definition) is 4. The molecule has 0 aromatic carbocycles. The number of nitrogens with one attached hydrogen (secondary N) is 2. The molecule has 2 rings (SSSR count). The lowest BCUT2D eigenvalue weighted by atomic mass is 10.5. The van der Waals surface area contributed by atoms with Gasteiger partial charge in [-0.15, -0.1) is 0 Å². The molecule has 2 N–H and O–H groups in total. The van der Waals surface area contributed by atoms with Crippen LogP contribution in [0.3, 0.4) is 0 Å². The molecule has 2 heterocycles. The number of anilines is 1. The topological polar surface area (TPSA) is 67.7 Å². The van der Waals surface area contributed by atoms with Crippen LogP contribution in [0, 0.1) is 3.70 Å². The van der Waals surface area contributed by atoms with Gasteiger partial charge >= 0.3 is 0 Å². The fourth-order valence-electron chi connectivity index (χ4n) is 1.30. The van der Waals surface area contributed by atoms with Crippen LogP contribution in [0.5, 0.6) is 0 Å². The molecule has 0 atom stereocenters. The van der Waals surface area contributed by atoms with E-state index in [9.17, 15) is 0 Å². The molecule has 2 aromatic heterocycles. The minimum Gasteiger partial charge on any atom is -0.363 e. The van der Waals surface area contributed by atoms with Crippen molar-refractivity contribution in [1.29, 1.82) is 0 Å². The molecule has 2 aromatic rings. The predicted octanol–water partition coefficient (Wildman–Crippen LogP) is 1.57. The van der Waals surface area contributed by atoms with Crippen molar-refractivity contribution in [1.82, 2.24) is 24.8 Å². The number of rotatable bonds is 3. The lowest BCUT2D eigenvalue weighted by molar-refractivity contribution is 0.964. The first-order valence-corrected chi connectivity index (χ1v) is 6.74. The first-order chi connectivity index (χ1) is 8.69. The summed E-state index contributed by atoms with van der Waals surface area (Å²) in [4.78, 5) is 12.4. The Hall–Kier alpha value is -1.29.